The molecule has 27 heavy (non-hydrogen) atoms. The number of fused-ring (bicyclic) bond motifs is 1. The predicted molar refractivity (Wildman–Crippen MR) is 109 cm³/mol. The smallest absolute Gasteiger partial charge is 0.317 e. The lowest BCUT2D eigenvalue weighted by Crippen LogP contribution is -2.03. The first-order valence-electron chi connectivity index (χ1n) is 9.10. The first kappa shape index (κ1) is 18.5. The van der Waals surface area contributed by atoms with Gasteiger partial charge in [0.05, 0.1) is 29.8 Å². The molecule has 0 atom stereocenters. The number of nitrogens with zero attached hydrogens (tertiary/aromatic N) is 2. The molecule has 2 N–H and O–H groups in total. The zero-order chi connectivity index (χ0) is 19.2. The lowest BCUT2D eigenvalue weighted by Gasteiger charge is -2.14. The van der Waals surface area contributed by atoms with Crippen molar-refractivity contribution in [1.29, 1.82) is 0 Å². The summed E-state index contributed by atoms with van der Waals surface area (Å²) in [5.74, 6) is 3.37. The van der Waals surface area contributed by atoms with Crippen molar-refractivity contribution < 1.29 is 9.47 Å². The molecule has 0 radical (unpaired) electrons. The quantitative estimate of drug-likeness (QED) is 0.498. The summed E-state index contributed by atoms with van der Waals surface area (Å²) in [6, 6.07) is 11.6. The molecule has 138 valence electrons. The van der Waals surface area contributed by atoms with Crippen LogP contribution in [0.5, 0.6) is 11.8 Å². The van der Waals surface area contributed by atoms with Crippen molar-refractivity contribution in [2.75, 3.05) is 18.9 Å². The molecule has 0 unspecified atom stereocenters. The summed E-state index contributed by atoms with van der Waals surface area (Å²) in [4.78, 5) is 9.20. The van der Waals surface area contributed by atoms with Gasteiger partial charge in [-0.1, -0.05) is 25.8 Å². The maximum absolute atomic E-state index is 6.05. The van der Waals surface area contributed by atoms with Crippen molar-refractivity contribution in [3.8, 4) is 35.4 Å². The number of nitrogen functional groups attached to an aromatic ring is 1. The van der Waals surface area contributed by atoms with E-state index in [0.717, 1.165) is 35.1 Å². The van der Waals surface area contributed by atoms with Gasteiger partial charge in [-0.2, -0.15) is 9.97 Å². The molecule has 0 saturated heterocycles. The molecule has 1 heterocycles. The maximum Gasteiger partial charge on any atom is 0.317 e. The van der Waals surface area contributed by atoms with E-state index in [4.69, 9.17) is 21.6 Å². The third-order valence-corrected chi connectivity index (χ3v) is 3.96. The summed E-state index contributed by atoms with van der Waals surface area (Å²) < 4.78 is 11.6. The van der Waals surface area contributed by atoms with Crippen molar-refractivity contribution in [2.24, 2.45) is 0 Å². The van der Waals surface area contributed by atoms with E-state index in [1.165, 1.54) is 0 Å². The van der Waals surface area contributed by atoms with Gasteiger partial charge in [-0.15, -0.1) is 6.42 Å². The molecule has 2 aromatic carbocycles. The van der Waals surface area contributed by atoms with Crippen LogP contribution in [0.15, 0.2) is 36.4 Å². The summed E-state index contributed by atoms with van der Waals surface area (Å²) in [5.41, 5.74) is 9.58. The van der Waals surface area contributed by atoms with Crippen LogP contribution >= 0.6 is 0 Å². The number of nitrogens with two attached hydrogens (primary N) is 1. The Balaban J connectivity index is 2.26. The molecule has 5 nitrogen and oxygen atoms in total. The number of terminal acetylenes is 1. The number of benzene rings is 2. The van der Waals surface area contributed by atoms with Crippen molar-refractivity contribution in [1.82, 2.24) is 9.97 Å². The fourth-order valence-corrected chi connectivity index (χ4v) is 2.80. The van der Waals surface area contributed by atoms with Crippen LogP contribution in [-0.4, -0.2) is 23.2 Å². The van der Waals surface area contributed by atoms with E-state index in [0.29, 0.717) is 36.2 Å². The topological polar surface area (TPSA) is 70.3 Å². The Morgan fingerprint density at radius 3 is 2.56 bits per heavy atom. The highest BCUT2D eigenvalue weighted by molar-refractivity contribution is 5.97. The normalized spacial score (nSPS) is 10.6. The minimum Gasteiger partial charge on any atom is -0.493 e. The fourth-order valence-electron chi connectivity index (χ4n) is 2.80. The minimum absolute atomic E-state index is 0.330. The molecule has 3 aromatic rings. The first-order valence-corrected chi connectivity index (χ1v) is 9.10. The van der Waals surface area contributed by atoms with E-state index in [1.54, 1.807) is 6.07 Å². The average molecular weight is 361 g/mol. The van der Waals surface area contributed by atoms with E-state index in [1.807, 2.05) is 37.3 Å². The third kappa shape index (κ3) is 4.12. The number of hydrogen-bond acceptors (Lipinski definition) is 5. The highest BCUT2D eigenvalue weighted by Crippen LogP contribution is 2.35. The van der Waals surface area contributed by atoms with Gasteiger partial charge in [0.25, 0.3) is 0 Å². The van der Waals surface area contributed by atoms with E-state index in [-0.39, 0.29) is 0 Å². The van der Waals surface area contributed by atoms with Crippen LogP contribution in [0.25, 0.3) is 22.2 Å². The second-order valence-corrected chi connectivity index (χ2v) is 6.19. The second kappa shape index (κ2) is 8.41. The Bertz CT molecular complexity index is 993. The second-order valence-electron chi connectivity index (χ2n) is 6.19. The highest BCUT2D eigenvalue weighted by Gasteiger charge is 2.16. The van der Waals surface area contributed by atoms with Crippen LogP contribution in [0.1, 0.15) is 32.3 Å². The van der Waals surface area contributed by atoms with Gasteiger partial charge < -0.3 is 15.2 Å². The number of hydrogen-bond donors (Lipinski definition) is 1. The van der Waals surface area contributed by atoms with Gasteiger partial charge >= 0.3 is 6.01 Å². The zero-order valence-electron chi connectivity index (χ0n) is 15.7. The van der Waals surface area contributed by atoms with Crippen LogP contribution in [0.3, 0.4) is 0 Å². The Morgan fingerprint density at radius 1 is 1.04 bits per heavy atom. The van der Waals surface area contributed by atoms with E-state index >= 15 is 0 Å². The zero-order valence-corrected chi connectivity index (χ0v) is 15.7. The molecular formula is C22H23N3O2. The molecule has 5 heteroatoms. The lowest BCUT2D eigenvalue weighted by atomic mass is 10.0. The summed E-state index contributed by atoms with van der Waals surface area (Å²) in [6.07, 6.45) is 7.36. The summed E-state index contributed by atoms with van der Waals surface area (Å²) in [6.45, 7) is 5.26. The first-order chi connectivity index (χ1) is 13.2. The molecule has 0 aliphatic rings. The SMILES string of the molecule is C#Cc1cc(N)cc(-c2nc(OCCC)nc3cccc(OCCC)c23)c1. The summed E-state index contributed by atoms with van der Waals surface area (Å²) in [7, 11) is 0. The third-order valence-electron chi connectivity index (χ3n) is 3.96. The van der Waals surface area contributed by atoms with Gasteiger partial charge in [0, 0.05) is 16.8 Å². The monoisotopic (exact) mass is 361 g/mol. The standard InChI is InChI=1S/C22H23N3O2/c1-4-10-26-19-9-7-8-18-20(19)21(25-22(24-18)27-11-5-2)16-12-15(6-3)13-17(23)14-16/h3,7-9,12-14H,4-5,10-11,23H2,1-2H3. The lowest BCUT2D eigenvalue weighted by molar-refractivity contribution is 0.293. The van der Waals surface area contributed by atoms with Gasteiger partial charge in [-0.3, -0.25) is 0 Å². The Kier molecular flexibility index (Phi) is 5.77. The molecule has 1 aromatic heterocycles. The van der Waals surface area contributed by atoms with Crippen molar-refractivity contribution in [2.45, 2.75) is 26.7 Å². The molecular weight excluding hydrogens is 338 g/mol. The van der Waals surface area contributed by atoms with Crippen molar-refractivity contribution in [3.63, 3.8) is 0 Å². The molecule has 0 aliphatic carbocycles. The van der Waals surface area contributed by atoms with Gasteiger partial charge in [-0.05, 0) is 43.2 Å². The molecule has 0 amide bonds. The van der Waals surface area contributed by atoms with Crippen LogP contribution in [0.2, 0.25) is 0 Å². The number of rotatable bonds is 7. The van der Waals surface area contributed by atoms with Crippen LogP contribution in [0, 0.1) is 12.3 Å². The van der Waals surface area contributed by atoms with Crippen LogP contribution < -0.4 is 15.2 Å². The largest absolute Gasteiger partial charge is 0.493 e. The van der Waals surface area contributed by atoms with Crippen molar-refractivity contribution >= 4 is 16.6 Å². The molecule has 0 fully saturated rings. The van der Waals surface area contributed by atoms with Crippen molar-refractivity contribution in [3.05, 3.63) is 42.0 Å². The van der Waals surface area contributed by atoms with E-state index < -0.39 is 0 Å². The maximum atomic E-state index is 6.05. The molecule has 0 bridgehead atoms. The van der Waals surface area contributed by atoms with Crippen LogP contribution in [-0.2, 0) is 0 Å². The van der Waals surface area contributed by atoms with Gasteiger partial charge in [-0.25, -0.2) is 0 Å². The van der Waals surface area contributed by atoms with Crippen LogP contribution in [0.4, 0.5) is 5.69 Å². The number of aromatic nitrogens is 2. The predicted octanol–water partition coefficient (Wildman–Crippen LogP) is 4.44. The number of ether oxygens (including phenoxy) is 2. The van der Waals surface area contributed by atoms with E-state index in [2.05, 4.69) is 22.8 Å². The minimum atomic E-state index is 0.330. The molecule has 0 spiro atoms. The fraction of sp³-hybridized carbons (Fsp3) is 0.273. The van der Waals surface area contributed by atoms with Gasteiger partial charge in [0.15, 0.2) is 0 Å². The molecule has 3 rings (SSSR count). The summed E-state index contributed by atoms with van der Waals surface area (Å²) >= 11 is 0. The van der Waals surface area contributed by atoms with Gasteiger partial charge in [0.2, 0.25) is 0 Å². The van der Waals surface area contributed by atoms with Gasteiger partial charge in [0.1, 0.15) is 5.75 Å². The average Bonchev–Trinajstić information content (AvgIpc) is 2.69. The highest BCUT2D eigenvalue weighted by atomic mass is 16.5. The molecule has 0 aliphatic heterocycles. The number of anilines is 1. The Morgan fingerprint density at radius 2 is 1.81 bits per heavy atom. The Labute approximate surface area is 159 Å². The van der Waals surface area contributed by atoms with E-state index in [9.17, 15) is 0 Å². The summed E-state index contributed by atoms with van der Waals surface area (Å²) in [5, 5.41) is 0.823. The Hall–Kier alpha value is -3.26. The molecule has 0 saturated carbocycles.